The highest BCUT2D eigenvalue weighted by Gasteiger charge is 2.45. The van der Waals surface area contributed by atoms with E-state index in [0.717, 1.165) is 5.56 Å². The number of carbonyl (C=O) groups is 1. The number of urea groups is 1. The number of rotatable bonds is 3. The molecule has 0 aliphatic carbocycles. The van der Waals surface area contributed by atoms with Gasteiger partial charge in [-0.1, -0.05) is 12.1 Å². The molecule has 0 saturated heterocycles. The molecule has 2 atom stereocenters. The first kappa shape index (κ1) is 18.2. The Kier molecular flexibility index (Phi) is 4.64. The van der Waals surface area contributed by atoms with E-state index >= 15 is 0 Å². The smallest absolute Gasteiger partial charge is 0.340 e. The standard InChI is InChI=1S/C20H21FN4O3/c1-24(8-7-22)20(27)25-19(12-3-2-4-14(26)9-12)16-11-28-17-6-5-13(21)10-15(17)18(16)23-25/h2-6,9-10,16,19,26H,7-8,11,22H2,1H3/t16-,19+/m0/s1. The summed E-state index contributed by atoms with van der Waals surface area (Å²) in [5, 5.41) is 15.9. The zero-order valence-electron chi connectivity index (χ0n) is 15.4. The van der Waals surface area contributed by atoms with E-state index in [2.05, 4.69) is 5.10 Å². The Morgan fingerprint density at radius 2 is 2.21 bits per heavy atom. The average molecular weight is 384 g/mol. The maximum absolute atomic E-state index is 13.9. The van der Waals surface area contributed by atoms with E-state index < -0.39 is 11.9 Å². The van der Waals surface area contributed by atoms with E-state index in [9.17, 15) is 14.3 Å². The molecule has 0 bridgehead atoms. The first-order valence-electron chi connectivity index (χ1n) is 9.04. The second-order valence-corrected chi connectivity index (χ2v) is 6.92. The molecule has 0 spiro atoms. The second-order valence-electron chi connectivity index (χ2n) is 6.92. The lowest BCUT2D eigenvalue weighted by molar-refractivity contribution is 0.134. The van der Waals surface area contributed by atoms with E-state index in [0.29, 0.717) is 36.7 Å². The predicted octanol–water partition coefficient (Wildman–Crippen LogP) is 2.31. The molecule has 146 valence electrons. The van der Waals surface area contributed by atoms with Crippen LogP contribution in [0.2, 0.25) is 0 Å². The van der Waals surface area contributed by atoms with Crippen molar-refractivity contribution >= 4 is 11.7 Å². The number of likely N-dealkylation sites (N-methyl/N-ethyl adjacent to an activating group) is 1. The lowest BCUT2D eigenvalue weighted by atomic mass is 9.86. The lowest BCUT2D eigenvalue weighted by Crippen LogP contribution is -2.42. The van der Waals surface area contributed by atoms with E-state index in [1.54, 1.807) is 31.3 Å². The van der Waals surface area contributed by atoms with Crippen LogP contribution in [-0.4, -0.2) is 53.5 Å². The Balaban J connectivity index is 1.80. The fourth-order valence-corrected chi connectivity index (χ4v) is 3.71. The van der Waals surface area contributed by atoms with Crippen LogP contribution in [0.15, 0.2) is 47.6 Å². The zero-order chi connectivity index (χ0) is 19.8. The molecule has 2 aromatic rings. The van der Waals surface area contributed by atoms with Gasteiger partial charge in [-0.3, -0.25) is 0 Å². The van der Waals surface area contributed by atoms with E-state index in [1.807, 2.05) is 6.07 Å². The van der Waals surface area contributed by atoms with Crippen molar-refractivity contribution in [3.63, 3.8) is 0 Å². The van der Waals surface area contributed by atoms with Gasteiger partial charge in [-0.15, -0.1) is 0 Å². The van der Waals surface area contributed by atoms with E-state index in [4.69, 9.17) is 10.5 Å². The molecule has 2 aliphatic rings. The number of halogens is 1. The van der Waals surface area contributed by atoms with Gasteiger partial charge in [-0.2, -0.15) is 5.10 Å². The number of hydrazone groups is 1. The van der Waals surface area contributed by atoms with Gasteiger partial charge in [0.2, 0.25) is 0 Å². The Bertz CT molecular complexity index is 949. The summed E-state index contributed by atoms with van der Waals surface area (Å²) in [4.78, 5) is 14.5. The quantitative estimate of drug-likeness (QED) is 0.850. The first-order chi connectivity index (χ1) is 13.5. The third-order valence-corrected chi connectivity index (χ3v) is 5.05. The van der Waals surface area contributed by atoms with Crippen LogP contribution >= 0.6 is 0 Å². The van der Waals surface area contributed by atoms with Gasteiger partial charge in [0, 0.05) is 25.7 Å². The van der Waals surface area contributed by atoms with Gasteiger partial charge < -0.3 is 20.5 Å². The van der Waals surface area contributed by atoms with Crippen molar-refractivity contribution in [3.05, 3.63) is 59.4 Å². The highest BCUT2D eigenvalue weighted by molar-refractivity contribution is 6.07. The van der Waals surface area contributed by atoms with Gasteiger partial charge in [0.1, 0.15) is 17.3 Å². The van der Waals surface area contributed by atoms with E-state index in [-0.39, 0.29) is 17.7 Å². The number of phenolic OH excluding ortho intramolecular Hbond substituents is 1. The summed E-state index contributed by atoms with van der Waals surface area (Å²) in [5.41, 5.74) is 7.45. The largest absolute Gasteiger partial charge is 0.508 e. The van der Waals surface area contributed by atoms with Gasteiger partial charge in [-0.05, 0) is 35.9 Å². The molecular weight excluding hydrogens is 363 g/mol. The number of benzene rings is 2. The van der Waals surface area contributed by atoms with Crippen LogP contribution in [0.3, 0.4) is 0 Å². The molecule has 2 amide bonds. The lowest BCUT2D eigenvalue weighted by Gasteiger charge is -2.31. The van der Waals surface area contributed by atoms with Crippen molar-refractivity contribution in [1.29, 1.82) is 0 Å². The number of ether oxygens (including phenoxy) is 1. The molecule has 28 heavy (non-hydrogen) atoms. The molecule has 0 aromatic heterocycles. The summed E-state index contributed by atoms with van der Waals surface area (Å²) in [6, 6.07) is 10.2. The van der Waals surface area contributed by atoms with Crippen molar-refractivity contribution in [3.8, 4) is 11.5 Å². The number of carbonyl (C=O) groups excluding carboxylic acids is 1. The Labute approximate surface area is 161 Å². The van der Waals surface area contributed by atoms with Crippen molar-refractivity contribution in [2.24, 2.45) is 16.8 Å². The van der Waals surface area contributed by atoms with Crippen LogP contribution in [0.25, 0.3) is 0 Å². The Morgan fingerprint density at radius 3 is 2.96 bits per heavy atom. The number of phenols is 1. The average Bonchev–Trinajstić information content (AvgIpc) is 3.07. The summed E-state index contributed by atoms with van der Waals surface area (Å²) in [6.45, 7) is 0.992. The molecule has 8 heteroatoms. The highest BCUT2D eigenvalue weighted by atomic mass is 19.1. The van der Waals surface area contributed by atoms with E-state index in [1.165, 1.54) is 22.0 Å². The fraction of sp³-hybridized carbons (Fsp3) is 0.300. The number of nitrogens with zero attached hydrogens (tertiary/aromatic N) is 3. The van der Waals surface area contributed by atoms with Crippen LogP contribution in [0.5, 0.6) is 11.5 Å². The number of fused-ring (bicyclic) bond motifs is 3. The number of nitrogens with two attached hydrogens (primary N) is 1. The second kappa shape index (κ2) is 7.12. The number of hydrogen-bond acceptors (Lipinski definition) is 5. The van der Waals surface area contributed by atoms with Gasteiger partial charge >= 0.3 is 6.03 Å². The minimum absolute atomic E-state index is 0.0943. The summed E-state index contributed by atoms with van der Waals surface area (Å²) in [6.07, 6.45) is 0. The molecule has 4 rings (SSSR count). The molecule has 3 N–H and O–H groups in total. The normalized spacial score (nSPS) is 20.1. The Hall–Kier alpha value is -3.13. The van der Waals surface area contributed by atoms with Crippen molar-refractivity contribution in [1.82, 2.24) is 9.91 Å². The number of hydrogen-bond donors (Lipinski definition) is 2. The molecule has 2 aliphatic heterocycles. The molecule has 0 fully saturated rings. The van der Waals surface area contributed by atoms with Crippen LogP contribution in [0, 0.1) is 11.7 Å². The minimum Gasteiger partial charge on any atom is -0.508 e. The Morgan fingerprint density at radius 1 is 1.39 bits per heavy atom. The predicted molar refractivity (Wildman–Crippen MR) is 102 cm³/mol. The van der Waals surface area contributed by atoms with Crippen LogP contribution in [0.4, 0.5) is 9.18 Å². The number of aromatic hydroxyl groups is 1. The molecule has 2 aromatic carbocycles. The fourth-order valence-electron chi connectivity index (χ4n) is 3.71. The van der Waals surface area contributed by atoms with Crippen molar-refractivity contribution in [2.45, 2.75) is 6.04 Å². The summed E-state index contributed by atoms with van der Waals surface area (Å²) >= 11 is 0. The third-order valence-electron chi connectivity index (χ3n) is 5.05. The van der Waals surface area contributed by atoms with Crippen LogP contribution < -0.4 is 10.5 Å². The van der Waals surface area contributed by atoms with Gasteiger partial charge in [0.15, 0.2) is 0 Å². The van der Waals surface area contributed by atoms with Crippen LogP contribution in [-0.2, 0) is 0 Å². The summed E-state index contributed by atoms with van der Waals surface area (Å²) in [5.74, 6) is -0.0523. The molecule has 7 nitrogen and oxygen atoms in total. The SMILES string of the molecule is CN(CCN)C(=O)N1N=C2c3cc(F)ccc3OC[C@@H]2[C@H]1c1cccc(O)c1. The third kappa shape index (κ3) is 3.05. The van der Waals surface area contributed by atoms with Gasteiger partial charge in [-0.25, -0.2) is 14.2 Å². The topological polar surface area (TPSA) is 91.4 Å². The van der Waals surface area contributed by atoms with Crippen molar-refractivity contribution < 1.29 is 19.0 Å². The molecule has 2 heterocycles. The van der Waals surface area contributed by atoms with Crippen molar-refractivity contribution in [2.75, 3.05) is 26.7 Å². The molecule has 0 saturated carbocycles. The molecular formula is C20H21FN4O3. The van der Waals surface area contributed by atoms with Gasteiger partial charge in [0.25, 0.3) is 0 Å². The van der Waals surface area contributed by atoms with Gasteiger partial charge in [0.05, 0.1) is 24.3 Å². The zero-order valence-corrected chi connectivity index (χ0v) is 15.4. The maximum atomic E-state index is 13.9. The highest BCUT2D eigenvalue weighted by Crippen LogP contribution is 2.43. The first-order valence-corrected chi connectivity index (χ1v) is 9.04. The molecule has 0 radical (unpaired) electrons. The monoisotopic (exact) mass is 384 g/mol. The number of amides is 2. The summed E-state index contributed by atoms with van der Waals surface area (Å²) < 4.78 is 19.7. The minimum atomic E-state index is -0.480. The van der Waals surface area contributed by atoms with Crippen LogP contribution in [0.1, 0.15) is 17.2 Å². The summed E-state index contributed by atoms with van der Waals surface area (Å²) in [7, 11) is 1.65. The molecule has 0 unspecified atom stereocenters. The maximum Gasteiger partial charge on any atom is 0.340 e.